The van der Waals surface area contributed by atoms with E-state index in [4.69, 9.17) is 19.3 Å². The fourth-order valence-corrected chi connectivity index (χ4v) is 3.59. The van der Waals surface area contributed by atoms with Gasteiger partial charge in [-0.25, -0.2) is 4.79 Å². The molecule has 34 heavy (non-hydrogen) atoms. The standard InChI is InChI=1S/C28H32N2O4/c1-17(2)26-25(27(33-28(31)32-7)19(4)20(5)29-26)16-22-10-12-23(13-11-22)21(6)30-34-24-14-8-18(3)9-15-24/h8-15,17H,16H2,1-7H3. The van der Waals surface area contributed by atoms with Gasteiger partial charge in [-0.2, -0.15) is 0 Å². The zero-order valence-electron chi connectivity index (χ0n) is 20.9. The number of carbonyl (C=O) groups is 1. The van der Waals surface area contributed by atoms with E-state index in [1.54, 1.807) is 0 Å². The van der Waals surface area contributed by atoms with Gasteiger partial charge in [0.05, 0.1) is 18.5 Å². The lowest BCUT2D eigenvalue weighted by molar-refractivity contribution is 0.120. The van der Waals surface area contributed by atoms with E-state index in [0.717, 1.165) is 39.4 Å². The first-order valence-corrected chi connectivity index (χ1v) is 11.3. The highest BCUT2D eigenvalue weighted by atomic mass is 16.7. The molecule has 0 N–H and O–H groups in total. The Kier molecular flexibility index (Phi) is 8.05. The number of ether oxygens (including phenoxy) is 2. The summed E-state index contributed by atoms with van der Waals surface area (Å²) in [5, 5.41) is 4.26. The third-order valence-corrected chi connectivity index (χ3v) is 5.72. The van der Waals surface area contributed by atoms with Gasteiger partial charge in [-0.1, -0.05) is 61.0 Å². The summed E-state index contributed by atoms with van der Waals surface area (Å²) >= 11 is 0. The Bertz CT molecular complexity index is 1180. The van der Waals surface area contributed by atoms with Crippen LogP contribution in [0.5, 0.6) is 11.5 Å². The molecule has 0 bridgehead atoms. The summed E-state index contributed by atoms with van der Waals surface area (Å²) in [7, 11) is 1.31. The SMILES string of the molecule is COC(=O)Oc1c(C)c(C)nc(C(C)C)c1Cc1ccc(C(C)=NOc2ccc(C)cc2)cc1. The average molecular weight is 461 g/mol. The summed E-state index contributed by atoms with van der Waals surface area (Å²) < 4.78 is 10.3. The number of benzene rings is 2. The Morgan fingerprint density at radius 2 is 1.65 bits per heavy atom. The van der Waals surface area contributed by atoms with Crippen molar-refractivity contribution in [3.8, 4) is 11.5 Å². The lowest BCUT2D eigenvalue weighted by Gasteiger charge is -2.20. The van der Waals surface area contributed by atoms with Gasteiger partial charge in [-0.15, -0.1) is 0 Å². The van der Waals surface area contributed by atoms with Crippen molar-refractivity contribution in [3.63, 3.8) is 0 Å². The molecule has 3 rings (SSSR count). The highest BCUT2D eigenvalue weighted by molar-refractivity contribution is 5.98. The molecule has 0 aliphatic carbocycles. The van der Waals surface area contributed by atoms with Gasteiger partial charge < -0.3 is 14.3 Å². The van der Waals surface area contributed by atoms with Crippen LogP contribution in [0.25, 0.3) is 0 Å². The van der Waals surface area contributed by atoms with Crippen molar-refractivity contribution in [1.82, 2.24) is 4.98 Å². The molecule has 0 saturated heterocycles. The molecule has 0 atom stereocenters. The number of methoxy groups -OCH3 is 1. The van der Waals surface area contributed by atoms with Gasteiger partial charge in [0.15, 0.2) is 5.75 Å². The van der Waals surface area contributed by atoms with Gasteiger partial charge >= 0.3 is 6.16 Å². The zero-order valence-corrected chi connectivity index (χ0v) is 20.9. The third kappa shape index (κ3) is 6.01. The first kappa shape index (κ1) is 25.0. The molecule has 0 spiro atoms. The monoisotopic (exact) mass is 460 g/mol. The molecule has 178 valence electrons. The van der Waals surface area contributed by atoms with Crippen molar-refractivity contribution in [1.29, 1.82) is 0 Å². The Labute approximate surface area is 201 Å². The Balaban J connectivity index is 1.86. The maximum Gasteiger partial charge on any atom is 0.513 e. The number of carbonyl (C=O) groups excluding carboxylic acids is 1. The van der Waals surface area contributed by atoms with Crippen LogP contribution < -0.4 is 9.57 Å². The van der Waals surface area contributed by atoms with Crippen LogP contribution in [-0.4, -0.2) is 24.0 Å². The second-order valence-corrected chi connectivity index (χ2v) is 8.68. The number of hydrogen-bond acceptors (Lipinski definition) is 6. The van der Waals surface area contributed by atoms with Gasteiger partial charge in [-0.05, 0) is 56.9 Å². The zero-order chi connectivity index (χ0) is 24.8. The van der Waals surface area contributed by atoms with Crippen LogP contribution in [0.15, 0.2) is 53.7 Å². The van der Waals surface area contributed by atoms with Crippen molar-refractivity contribution < 1.29 is 19.1 Å². The molecule has 0 fully saturated rings. The minimum Gasteiger partial charge on any atom is -0.437 e. The van der Waals surface area contributed by atoms with Gasteiger partial charge in [0.2, 0.25) is 0 Å². The number of rotatable bonds is 7. The highest BCUT2D eigenvalue weighted by Crippen LogP contribution is 2.34. The van der Waals surface area contributed by atoms with Crippen molar-refractivity contribution in [2.75, 3.05) is 7.11 Å². The normalized spacial score (nSPS) is 11.5. The van der Waals surface area contributed by atoms with Crippen LogP contribution in [0.1, 0.15) is 65.9 Å². The fraction of sp³-hybridized carbons (Fsp3) is 0.321. The van der Waals surface area contributed by atoms with Gasteiger partial charge in [0.1, 0.15) is 5.75 Å². The Morgan fingerprint density at radius 1 is 1.00 bits per heavy atom. The summed E-state index contributed by atoms with van der Waals surface area (Å²) in [6.07, 6.45) is -0.162. The van der Waals surface area contributed by atoms with Crippen LogP contribution in [0, 0.1) is 20.8 Å². The minimum atomic E-state index is -0.736. The number of pyridine rings is 1. The summed E-state index contributed by atoms with van der Waals surface area (Å²) in [6, 6.07) is 15.9. The maximum absolute atomic E-state index is 11.9. The molecule has 0 amide bonds. The van der Waals surface area contributed by atoms with Crippen molar-refractivity contribution in [2.24, 2.45) is 5.16 Å². The van der Waals surface area contributed by atoms with E-state index < -0.39 is 6.16 Å². The molecule has 0 saturated carbocycles. The van der Waals surface area contributed by atoms with Gasteiger partial charge in [0.25, 0.3) is 0 Å². The Morgan fingerprint density at radius 3 is 2.24 bits per heavy atom. The van der Waals surface area contributed by atoms with E-state index in [2.05, 4.69) is 19.0 Å². The molecule has 6 heteroatoms. The van der Waals surface area contributed by atoms with E-state index in [1.807, 2.05) is 76.2 Å². The van der Waals surface area contributed by atoms with Crippen LogP contribution in [0.2, 0.25) is 0 Å². The van der Waals surface area contributed by atoms with Gasteiger partial charge in [0, 0.05) is 23.2 Å². The third-order valence-electron chi connectivity index (χ3n) is 5.72. The molecule has 0 unspecified atom stereocenters. The topological polar surface area (TPSA) is 70.0 Å². The molecule has 3 aromatic rings. The maximum atomic E-state index is 11.9. The molecule has 0 radical (unpaired) electrons. The number of hydrogen-bond donors (Lipinski definition) is 0. The molecule has 0 aliphatic heterocycles. The van der Waals surface area contributed by atoms with E-state index >= 15 is 0 Å². The predicted molar refractivity (Wildman–Crippen MR) is 134 cm³/mol. The predicted octanol–water partition coefficient (Wildman–Crippen LogP) is 6.67. The highest BCUT2D eigenvalue weighted by Gasteiger charge is 2.21. The van der Waals surface area contributed by atoms with Gasteiger partial charge in [-0.3, -0.25) is 4.98 Å². The molecule has 2 aromatic carbocycles. The summed E-state index contributed by atoms with van der Waals surface area (Å²) in [6.45, 7) is 11.9. The largest absolute Gasteiger partial charge is 0.513 e. The lowest BCUT2D eigenvalue weighted by Crippen LogP contribution is -2.14. The van der Waals surface area contributed by atoms with Crippen LogP contribution in [-0.2, 0) is 11.2 Å². The molecule has 0 aliphatic rings. The minimum absolute atomic E-state index is 0.168. The Hall–Kier alpha value is -3.67. The van der Waals surface area contributed by atoms with Crippen LogP contribution >= 0.6 is 0 Å². The van der Waals surface area contributed by atoms with Crippen LogP contribution in [0.4, 0.5) is 4.79 Å². The molecular weight excluding hydrogens is 428 g/mol. The summed E-state index contributed by atoms with van der Waals surface area (Å²) in [5.74, 6) is 1.39. The summed E-state index contributed by atoms with van der Waals surface area (Å²) in [4.78, 5) is 22.3. The van der Waals surface area contributed by atoms with E-state index in [0.29, 0.717) is 17.9 Å². The number of aromatic nitrogens is 1. The van der Waals surface area contributed by atoms with Crippen molar-refractivity contribution in [3.05, 3.63) is 87.7 Å². The fourth-order valence-electron chi connectivity index (χ4n) is 3.59. The van der Waals surface area contributed by atoms with Crippen LogP contribution in [0.3, 0.4) is 0 Å². The smallest absolute Gasteiger partial charge is 0.437 e. The molecule has 1 heterocycles. The first-order chi connectivity index (χ1) is 16.2. The van der Waals surface area contributed by atoms with E-state index in [1.165, 1.54) is 12.7 Å². The quantitative estimate of drug-likeness (QED) is 0.224. The van der Waals surface area contributed by atoms with E-state index in [9.17, 15) is 4.79 Å². The average Bonchev–Trinajstić information content (AvgIpc) is 2.83. The van der Waals surface area contributed by atoms with Crippen molar-refractivity contribution in [2.45, 2.75) is 53.9 Å². The molecule has 6 nitrogen and oxygen atoms in total. The number of aryl methyl sites for hydroxylation is 2. The molecular formula is C28H32N2O4. The lowest BCUT2D eigenvalue weighted by atomic mass is 9.94. The van der Waals surface area contributed by atoms with E-state index in [-0.39, 0.29) is 5.92 Å². The van der Waals surface area contributed by atoms with Crippen molar-refractivity contribution >= 4 is 11.9 Å². The summed E-state index contributed by atoms with van der Waals surface area (Å²) in [5.41, 5.74) is 7.45. The second-order valence-electron chi connectivity index (χ2n) is 8.68. The first-order valence-electron chi connectivity index (χ1n) is 11.3. The second kappa shape index (κ2) is 11.0. The number of nitrogens with zero attached hydrogens (tertiary/aromatic N) is 2. The number of oxime groups is 1. The molecule has 1 aromatic heterocycles.